The third kappa shape index (κ3) is 2.64. The molecule has 0 radical (unpaired) electrons. The van der Waals surface area contributed by atoms with Gasteiger partial charge < -0.3 is 14.6 Å². The molecule has 1 N–H and O–H groups in total. The Morgan fingerprint density at radius 1 is 1.10 bits per heavy atom. The first kappa shape index (κ1) is 13.7. The molecule has 1 aromatic carbocycles. The molecular weight excluding hydrogens is 252 g/mol. The SMILES string of the molecule is COc1cc(OC)cc(C(O)CC2CC3CCC2C3)c1. The van der Waals surface area contributed by atoms with Gasteiger partial charge in [-0.1, -0.05) is 6.42 Å². The molecule has 0 aromatic heterocycles. The maximum Gasteiger partial charge on any atom is 0.122 e. The number of ether oxygens (including phenoxy) is 2. The van der Waals surface area contributed by atoms with E-state index in [9.17, 15) is 5.11 Å². The zero-order valence-electron chi connectivity index (χ0n) is 12.3. The summed E-state index contributed by atoms with van der Waals surface area (Å²) in [7, 11) is 3.28. The summed E-state index contributed by atoms with van der Waals surface area (Å²) in [6.07, 6.45) is 5.93. The van der Waals surface area contributed by atoms with Gasteiger partial charge >= 0.3 is 0 Å². The number of aliphatic hydroxyl groups is 1. The lowest BCUT2D eigenvalue weighted by Crippen LogP contribution is -2.14. The second-order valence-corrected chi connectivity index (χ2v) is 6.33. The smallest absolute Gasteiger partial charge is 0.122 e. The third-order valence-electron chi connectivity index (χ3n) is 5.17. The van der Waals surface area contributed by atoms with E-state index in [0.29, 0.717) is 5.92 Å². The van der Waals surface area contributed by atoms with Crippen molar-refractivity contribution in [3.05, 3.63) is 23.8 Å². The van der Waals surface area contributed by atoms with Crippen LogP contribution >= 0.6 is 0 Å². The average Bonchev–Trinajstić information content (AvgIpc) is 3.09. The van der Waals surface area contributed by atoms with Crippen molar-refractivity contribution in [2.75, 3.05) is 14.2 Å². The summed E-state index contributed by atoms with van der Waals surface area (Å²) in [6.45, 7) is 0. The number of benzene rings is 1. The second-order valence-electron chi connectivity index (χ2n) is 6.33. The van der Waals surface area contributed by atoms with Gasteiger partial charge in [0, 0.05) is 6.07 Å². The monoisotopic (exact) mass is 276 g/mol. The van der Waals surface area contributed by atoms with Crippen molar-refractivity contribution < 1.29 is 14.6 Å². The zero-order valence-corrected chi connectivity index (χ0v) is 12.3. The minimum atomic E-state index is -0.414. The molecule has 0 heterocycles. The minimum absolute atomic E-state index is 0.414. The molecule has 2 aliphatic rings. The number of aliphatic hydroxyl groups excluding tert-OH is 1. The lowest BCUT2D eigenvalue weighted by Gasteiger charge is -2.24. The van der Waals surface area contributed by atoms with Gasteiger partial charge in [-0.2, -0.15) is 0 Å². The Labute approximate surface area is 120 Å². The van der Waals surface area contributed by atoms with Crippen LogP contribution in [-0.4, -0.2) is 19.3 Å². The van der Waals surface area contributed by atoms with Gasteiger partial charge in [-0.05, 0) is 61.1 Å². The first-order chi connectivity index (χ1) is 9.69. The molecule has 110 valence electrons. The predicted molar refractivity (Wildman–Crippen MR) is 78.1 cm³/mol. The topological polar surface area (TPSA) is 38.7 Å². The van der Waals surface area contributed by atoms with Crippen LogP contribution in [0.25, 0.3) is 0 Å². The van der Waals surface area contributed by atoms with Crippen molar-refractivity contribution >= 4 is 0 Å². The van der Waals surface area contributed by atoms with E-state index in [2.05, 4.69) is 0 Å². The number of rotatable bonds is 5. The molecule has 2 saturated carbocycles. The van der Waals surface area contributed by atoms with Crippen LogP contribution in [0.1, 0.15) is 43.8 Å². The van der Waals surface area contributed by atoms with Crippen LogP contribution in [0.3, 0.4) is 0 Å². The Morgan fingerprint density at radius 3 is 2.30 bits per heavy atom. The second kappa shape index (κ2) is 5.65. The van der Waals surface area contributed by atoms with E-state index in [0.717, 1.165) is 35.3 Å². The van der Waals surface area contributed by atoms with Crippen molar-refractivity contribution in [2.24, 2.45) is 17.8 Å². The van der Waals surface area contributed by atoms with E-state index in [1.54, 1.807) is 14.2 Å². The van der Waals surface area contributed by atoms with E-state index in [4.69, 9.17) is 9.47 Å². The van der Waals surface area contributed by atoms with Gasteiger partial charge in [0.2, 0.25) is 0 Å². The van der Waals surface area contributed by atoms with Crippen molar-refractivity contribution in [3.63, 3.8) is 0 Å². The van der Waals surface area contributed by atoms with Crippen LogP contribution in [0, 0.1) is 17.8 Å². The molecule has 3 nitrogen and oxygen atoms in total. The molecule has 4 unspecified atom stereocenters. The fourth-order valence-electron chi connectivity index (χ4n) is 4.11. The maximum absolute atomic E-state index is 10.5. The van der Waals surface area contributed by atoms with E-state index >= 15 is 0 Å². The predicted octanol–water partition coefficient (Wildman–Crippen LogP) is 3.56. The highest BCUT2D eigenvalue weighted by atomic mass is 16.5. The van der Waals surface area contributed by atoms with Crippen molar-refractivity contribution in [2.45, 2.75) is 38.2 Å². The Hall–Kier alpha value is -1.22. The summed E-state index contributed by atoms with van der Waals surface area (Å²) in [5.41, 5.74) is 0.906. The molecule has 3 rings (SSSR count). The van der Waals surface area contributed by atoms with Crippen molar-refractivity contribution in [1.29, 1.82) is 0 Å². The summed E-state index contributed by atoms with van der Waals surface area (Å²) >= 11 is 0. The molecule has 1 aromatic rings. The summed E-state index contributed by atoms with van der Waals surface area (Å²) in [5.74, 6) is 3.96. The molecule has 2 bridgehead atoms. The quantitative estimate of drug-likeness (QED) is 0.893. The highest BCUT2D eigenvalue weighted by molar-refractivity contribution is 5.39. The molecular formula is C17H24O3. The van der Waals surface area contributed by atoms with E-state index < -0.39 is 6.10 Å². The molecule has 2 fully saturated rings. The average molecular weight is 276 g/mol. The largest absolute Gasteiger partial charge is 0.497 e. The fourth-order valence-corrected chi connectivity index (χ4v) is 4.11. The summed E-state index contributed by atoms with van der Waals surface area (Å²) < 4.78 is 10.6. The van der Waals surface area contributed by atoms with Gasteiger partial charge in [0.15, 0.2) is 0 Å². The molecule has 0 aliphatic heterocycles. The molecule has 0 amide bonds. The van der Waals surface area contributed by atoms with Gasteiger partial charge in [0.1, 0.15) is 11.5 Å². The number of hydrogen-bond acceptors (Lipinski definition) is 3. The highest BCUT2D eigenvalue weighted by Crippen LogP contribution is 2.51. The van der Waals surface area contributed by atoms with Gasteiger partial charge in [0.25, 0.3) is 0 Å². The lowest BCUT2D eigenvalue weighted by atomic mass is 9.83. The molecule has 20 heavy (non-hydrogen) atoms. The van der Waals surface area contributed by atoms with Gasteiger partial charge in [0.05, 0.1) is 20.3 Å². The Kier molecular flexibility index (Phi) is 3.88. The number of methoxy groups -OCH3 is 2. The van der Waals surface area contributed by atoms with Crippen LogP contribution in [-0.2, 0) is 0 Å². The van der Waals surface area contributed by atoms with Crippen LogP contribution in [0.5, 0.6) is 11.5 Å². The fraction of sp³-hybridized carbons (Fsp3) is 0.647. The summed E-state index contributed by atoms with van der Waals surface area (Å²) in [5, 5.41) is 10.5. The summed E-state index contributed by atoms with van der Waals surface area (Å²) in [6, 6.07) is 5.68. The van der Waals surface area contributed by atoms with Crippen molar-refractivity contribution in [3.8, 4) is 11.5 Å². The highest BCUT2D eigenvalue weighted by Gasteiger charge is 2.40. The first-order valence-corrected chi connectivity index (χ1v) is 7.60. The standard InChI is InChI=1S/C17H24O3/c1-19-15-7-14(8-16(10-15)20-2)17(18)9-13-6-11-3-4-12(13)5-11/h7-8,10-13,17-18H,3-6,9H2,1-2H3. The van der Waals surface area contributed by atoms with E-state index in [1.807, 2.05) is 18.2 Å². The normalized spacial score (nSPS) is 29.4. The Balaban J connectivity index is 1.71. The third-order valence-corrected chi connectivity index (χ3v) is 5.17. The van der Waals surface area contributed by atoms with Gasteiger partial charge in [-0.15, -0.1) is 0 Å². The van der Waals surface area contributed by atoms with Crippen LogP contribution in [0.4, 0.5) is 0 Å². The molecule has 4 atom stereocenters. The Bertz CT molecular complexity index is 449. The lowest BCUT2D eigenvalue weighted by molar-refractivity contribution is 0.125. The molecule has 0 saturated heterocycles. The van der Waals surface area contributed by atoms with Crippen LogP contribution in [0.2, 0.25) is 0 Å². The van der Waals surface area contributed by atoms with E-state index in [-0.39, 0.29) is 0 Å². The first-order valence-electron chi connectivity index (χ1n) is 7.60. The van der Waals surface area contributed by atoms with Gasteiger partial charge in [-0.3, -0.25) is 0 Å². The molecule has 2 aliphatic carbocycles. The number of fused-ring (bicyclic) bond motifs is 2. The van der Waals surface area contributed by atoms with Crippen molar-refractivity contribution in [1.82, 2.24) is 0 Å². The maximum atomic E-state index is 10.5. The van der Waals surface area contributed by atoms with E-state index in [1.165, 1.54) is 25.7 Å². The Morgan fingerprint density at radius 2 is 1.80 bits per heavy atom. The molecule has 0 spiro atoms. The van der Waals surface area contributed by atoms with Crippen LogP contribution < -0.4 is 9.47 Å². The summed E-state index contributed by atoms with van der Waals surface area (Å²) in [4.78, 5) is 0. The molecule has 3 heteroatoms. The number of hydrogen-bond donors (Lipinski definition) is 1. The zero-order chi connectivity index (χ0) is 14.1. The van der Waals surface area contributed by atoms with Crippen LogP contribution in [0.15, 0.2) is 18.2 Å². The van der Waals surface area contributed by atoms with Gasteiger partial charge in [-0.25, -0.2) is 0 Å². The minimum Gasteiger partial charge on any atom is -0.497 e.